The second kappa shape index (κ2) is 5.17. The molecule has 0 saturated heterocycles. The second-order valence-electron chi connectivity index (χ2n) is 4.75. The van der Waals surface area contributed by atoms with Gasteiger partial charge in [-0.25, -0.2) is 9.97 Å². The molecule has 1 aliphatic rings. The van der Waals surface area contributed by atoms with Gasteiger partial charge in [-0.1, -0.05) is 23.2 Å². The minimum absolute atomic E-state index is 0.245. The number of anilines is 2. The summed E-state index contributed by atoms with van der Waals surface area (Å²) >= 11 is 12.0. The van der Waals surface area contributed by atoms with Crippen LogP contribution in [-0.2, 0) is 6.18 Å². The molecule has 4 nitrogen and oxygen atoms in total. The summed E-state index contributed by atoms with van der Waals surface area (Å²) < 4.78 is 38.3. The number of fused-ring (bicyclic) bond motifs is 1. The maximum atomic E-state index is 12.8. The largest absolute Gasteiger partial charge is 0.417 e. The van der Waals surface area contributed by atoms with Crippen LogP contribution < -0.4 is 10.2 Å². The minimum Gasteiger partial charge on any atom is -0.357 e. The molecule has 3 rings (SSSR count). The molecule has 2 aromatic rings. The average molecular weight is 349 g/mol. The van der Waals surface area contributed by atoms with Crippen molar-refractivity contribution in [1.82, 2.24) is 9.97 Å². The zero-order chi connectivity index (χ0) is 16.1. The Morgan fingerprint density at radius 3 is 2.68 bits per heavy atom. The van der Waals surface area contributed by atoms with E-state index in [2.05, 4.69) is 15.3 Å². The van der Waals surface area contributed by atoms with E-state index in [0.29, 0.717) is 16.5 Å². The van der Waals surface area contributed by atoms with Crippen LogP contribution in [0.2, 0.25) is 10.2 Å². The first-order chi connectivity index (χ1) is 10.3. The number of halogens is 5. The predicted octanol–water partition coefficient (Wildman–Crippen LogP) is 4.36. The first kappa shape index (κ1) is 15.2. The third-order valence-electron chi connectivity index (χ3n) is 3.31. The number of aromatic nitrogens is 2. The van der Waals surface area contributed by atoms with Crippen LogP contribution in [0.1, 0.15) is 17.4 Å². The van der Waals surface area contributed by atoms with Gasteiger partial charge in [0.1, 0.15) is 17.0 Å². The molecule has 0 fully saturated rings. The highest BCUT2D eigenvalue weighted by Gasteiger charge is 2.36. The first-order valence-corrected chi connectivity index (χ1v) is 6.91. The number of alkyl halides is 3. The Labute approximate surface area is 133 Å². The fourth-order valence-electron chi connectivity index (χ4n) is 2.24. The molecule has 22 heavy (non-hydrogen) atoms. The molecule has 0 saturated carbocycles. The van der Waals surface area contributed by atoms with Crippen molar-refractivity contribution in [2.45, 2.75) is 12.3 Å². The van der Waals surface area contributed by atoms with E-state index in [0.717, 1.165) is 12.3 Å². The van der Waals surface area contributed by atoms with E-state index in [1.54, 1.807) is 18.0 Å². The van der Waals surface area contributed by atoms with E-state index >= 15 is 0 Å². The van der Waals surface area contributed by atoms with Crippen molar-refractivity contribution in [3.05, 3.63) is 45.8 Å². The van der Waals surface area contributed by atoms with E-state index in [1.807, 2.05) is 0 Å². The van der Waals surface area contributed by atoms with E-state index in [9.17, 15) is 13.2 Å². The highest BCUT2D eigenvalue weighted by Crippen LogP contribution is 2.42. The molecular formula is C13H9Cl2F3N4. The lowest BCUT2D eigenvalue weighted by molar-refractivity contribution is -0.137. The number of hydrogen-bond donors (Lipinski definition) is 1. The zero-order valence-corrected chi connectivity index (χ0v) is 12.6. The molecule has 1 atom stereocenters. The van der Waals surface area contributed by atoms with Gasteiger partial charge in [0.2, 0.25) is 0 Å². The van der Waals surface area contributed by atoms with Crippen LogP contribution in [-0.4, -0.2) is 17.0 Å². The molecule has 9 heteroatoms. The predicted molar refractivity (Wildman–Crippen MR) is 78.3 cm³/mol. The van der Waals surface area contributed by atoms with Crippen molar-refractivity contribution in [1.29, 1.82) is 0 Å². The van der Waals surface area contributed by atoms with Crippen LogP contribution in [0.15, 0.2) is 24.4 Å². The lowest BCUT2D eigenvalue weighted by atomic mass is 10.2. The van der Waals surface area contributed by atoms with Gasteiger partial charge in [-0.15, -0.1) is 0 Å². The molecule has 0 spiro atoms. The molecule has 1 unspecified atom stereocenters. The summed E-state index contributed by atoms with van der Waals surface area (Å²) in [6.07, 6.45) is -4.20. The number of hydrogen-bond acceptors (Lipinski definition) is 4. The van der Waals surface area contributed by atoms with Gasteiger partial charge in [-0.2, -0.15) is 13.2 Å². The molecule has 0 radical (unpaired) electrons. The fraction of sp³-hybridized carbons (Fsp3) is 0.231. The minimum atomic E-state index is -4.45. The number of nitrogens with zero attached hydrogens (tertiary/aromatic N) is 3. The molecule has 116 valence electrons. The summed E-state index contributed by atoms with van der Waals surface area (Å²) in [5.74, 6) is 0.385. The van der Waals surface area contributed by atoms with Gasteiger partial charge in [-0.3, -0.25) is 0 Å². The van der Waals surface area contributed by atoms with Crippen LogP contribution >= 0.6 is 23.2 Å². The van der Waals surface area contributed by atoms with Crippen molar-refractivity contribution in [3.8, 4) is 0 Å². The number of pyridine rings is 2. The average Bonchev–Trinajstić information content (AvgIpc) is 2.77. The molecule has 0 aromatic carbocycles. The third kappa shape index (κ3) is 2.55. The molecule has 2 aromatic heterocycles. The Balaban J connectivity index is 2.00. The van der Waals surface area contributed by atoms with E-state index in [4.69, 9.17) is 23.2 Å². The van der Waals surface area contributed by atoms with E-state index < -0.39 is 17.9 Å². The van der Waals surface area contributed by atoms with Gasteiger partial charge < -0.3 is 10.2 Å². The van der Waals surface area contributed by atoms with Crippen LogP contribution in [0.25, 0.3) is 0 Å². The zero-order valence-electron chi connectivity index (χ0n) is 11.1. The molecular weight excluding hydrogens is 340 g/mol. The van der Waals surface area contributed by atoms with Crippen LogP contribution in [0.3, 0.4) is 0 Å². The SMILES string of the molecule is CN1c2ncc(C(F)(F)F)cc2NC1c1nc(Cl)ccc1Cl. The lowest BCUT2D eigenvalue weighted by Gasteiger charge is -2.21. The number of rotatable bonds is 1. The molecule has 0 aliphatic carbocycles. The maximum absolute atomic E-state index is 12.8. The van der Waals surface area contributed by atoms with E-state index in [-0.39, 0.29) is 10.8 Å². The standard InChI is InChI=1S/C13H9Cl2F3N4/c1-22-11-8(4-6(5-19-11)13(16,17)18)20-12(22)10-7(14)2-3-9(15)21-10/h2-5,12,20H,1H3. The smallest absolute Gasteiger partial charge is 0.357 e. The summed E-state index contributed by atoms with van der Waals surface area (Å²) in [5.41, 5.74) is -0.138. The summed E-state index contributed by atoms with van der Waals surface area (Å²) in [7, 11) is 1.68. The molecule has 3 heterocycles. The van der Waals surface area contributed by atoms with Crippen molar-refractivity contribution < 1.29 is 13.2 Å². The Hall–Kier alpha value is -1.73. The van der Waals surface area contributed by atoms with Gasteiger partial charge in [0.25, 0.3) is 0 Å². The Kier molecular flexibility index (Phi) is 3.57. The normalized spacial score (nSPS) is 17.4. The van der Waals surface area contributed by atoms with Crippen LogP contribution in [0.5, 0.6) is 0 Å². The van der Waals surface area contributed by atoms with Gasteiger partial charge in [0.15, 0.2) is 5.82 Å². The van der Waals surface area contributed by atoms with Crippen LogP contribution in [0.4, 0.5) is 24.7 Å². The van der Waals surface area contributed by atoms with Gasteiger partial charge >= 0.3 is 6.18 Å². The Morgan fingerprint density at radius 2 is 2.00 bits per heavy atom. The van der Waals surface area contributed by atoms with Gasteiger partial charge in [-0.05, 0) is 18.2 Å². The molecule has 0 amide bonds. The highest BCUT2D eigenvalue weighted by molar-refractivity contribution is 6.32. The molecule has 1 aliphatic heterocycles. The van der Waals surface area contributed by atoms with Gasteiger partial charge in [0.05, 0.1) is 16.3 Å². The highest BCUT2D eigenvalue weighted by atomic mass is 35.5. The fourth-order valence-corrected chi connectivity index (χ4v) is 2.61. The van der Waals surface area contributed by atoms with Gasteiger partial charge in [0, 0.05) is 13.2 Å². The quantitative estimate of drug-likeness (QED) is 0.777. The van der Waals surface area contributed by atoms with Crippen molar-refractivity contribution in [2.24, 2.45) is 0 Å². The summed E-state index contributed by atoms with van der Waals surface area (Å²) in [4.78, 5) is 9.67. The number of nitrogens with one attached hydrogen (secondary N) is 1. The molecule has 0 bridgehead atoms. The summed E-state index contributed by atoms with van der Waals surface area (Å²) in [6.45, 7) is 0. The third-order valence-corrected chi connectivity index (χ3v) is 3.84. The Morgan fingerprint density at radius 1 is 1.27 bits per heavy atom. The van der Waals surface area contributed by atoms with E-state index in [1.165, 1.54) is 6.07 Å². The monoisotopic (exact) mass is 348 g/mol. The van der Waals surface area contributed by atoms with Crippen molar-refractivity contribution >= 4 is 34.7 Å². The van der Waals surface area contributed by atoms with Crippen molar-refractivity contribution in [2.75, 3.05) is 17.3 Å². The Bertz CT molecular complexity index is 736. The lowest BCUT2D eigenvalue weighted by Crippen LogP contribution is -2.25. The molecule has 1 N–H and O–H groups in total. The maximum Gasteiger partial charge on any atom is 0.417 e. The van der Waals surface area contributed by atoms with Crippen LogP contribution in [0, 0.1) is 0 Å². The topological polar surface area (TPSA) is 41.1 Å². The second-order valence-corrected chi connectivity index (χ2v) is 5.55. The van der Waals surface area contributed by atoms with Crippen molar-refractivity contribution in [3.63, 3.8) is 0 Å². The summed E-state index contributed by atoms with van der Waals surface area (Å²) in [5, 5.41) is 3.54. The first-order valence-electron chi connectivity index (χ1n) is 6.16. The summed E-state index contributed by atoms with van der Waals surface area (Å²) in [6, 6.07) is 4.13.